The minimum atomic E-state index is -4.60. The molecule has 2 aromatic rings. The first-order valence-corrected chi connectivity index (χ1v) is 15.3. The van der Waals surface area contributed by atoms with Gasteiger partial charge < -0.3 is 10.4 Å². The van der Waals surface area contributed by atoms with Crippen molar-refractivity contribution >= 4 is 32.2 Å². The maximum absolute atomic E-state index is 13.2. The number of hydrogen-bond donors (Lipinski definition) is 2. The lowest BCUT2D eigenvalue weighted by molar-refractivity contribution is -0.272. The van der Waals surface area contributed by atoms with Crippen molar-refractivity contribution in [2.45, 2.75) is 82.1 Å². The van der Waals surface area contributed by atoms with E-state index in [1.54, 1.807) is 19.1 Å². The molecule has 0 bridgehead atoms. The van der Waals surface area contributed by atoms with Crippen molar-refractivity contribution in [3.05, 3.63) is 40.4 Å². The third kappa shape index (κ3) is 6.08. The van der Waals surface area contributed by atoms with E-state index < -0.39 is 21.6 Å². The number of amides is 1. The number of sulfone groups is 1. The first-order valence-electron chi connectivity index (χ1n) is 12.9. The molecule has 4 rings (SSSR count). The van der Waals surface area contributed by atoms with E-state index in [1.807, 2.05) is 0 Å². The van der Waals surface area contributed by atoms with Crippen LogP contribution in [0.4, 0.5) is 18.3 Å². The number of hydrogen-bond acceptors (Lipinski definition) is 7. The molecule has 1 atom stereocenters. The van der Waals surface area contributed by atoms with E-state index in [0.717, 1.165) is 10.6 Å². The summed E-state index contributed by atoms with van der Waals surface area (Å²) >= 11 is 1.41. The lowest BCUT2D eigenvalue weighted by Crippen LogP contribution is -2.48. The molecule has 1 amide bonds. The smallest absolute Gasteiger partial charge is 0.380 e. The minimum Gasteiger partial charge on any atom is -0.380 e. The summed E-state index contributed by atoms with van der Waals surface area (Å²) < 4.78 is 63.4. The monoisotopic (exact) mass is 573 g/mol. The Kier molecular flexibility index (Phi) is 8.28. The van der Waals surface area contributed by atoms with E-state index in [0.29, 0.717) is 36.6 Å². The summed E-state index contributed by atoms with van der Waals surface area (Å²) in [4.78, 5) is 20.9. The predicted octanol–water partition coefficient (Wildman–Crippen LogP) is 5.11. The highest BCUT2D eigenvalue weighted by molar-refractivity contribution is 7.91. The van der Waals surface area contributed by atoms with E-state index in [-0.39, 0.29) is 53.7 Å². The van der Waals surface area contributed by atoms with Crippen LogP contribution in [0.25, 0.3) is 0 Å². The summed E-state index contributed by atoms with van der Waals surface area (Å²) in [5.41, 5.74) is -0.983. The van der Waals surface area contributed by atoms with E-state index in [4.69, 9.17) is 4.98 Å². The van der Waals surface area contributed by atoms with Crippen LogP contribution in [0.3, 0.4) is 0 Å². The fourth-order valence-corrected chi connectivity index (χ4v) is 7.34. The maximum atomic E-state index is 13.2. The molecule has 210 valence electrons. The normalized spacial score (nSPS) is 24.5. The zero-order valence-corrected chi connectivity index (χ0v) is 23.3. The molecule has 0 saturated heterocycles. The summed E-state index contributed by atoms with van der Waals surface area (Å²) in [7, 11) is -3.30. The lowest BCUT2D eigenvalue weighted by Gasteiger charge is -2.39. The van der Waals surface area contributed by atoms with Gasteiger partial charge in [-0.3, -0.25) is 9.69 Å². The number of aliphatic hydroxyl groups is 1. The fourth-order valence-electron chi connectivity index (χ4n) is 5.42. The number of anilines is 1. The van der Waals surface area contributed by atoms with Gasteiger partial charge in [0.15, 0.2) is 20.6 Å². The number of fused-ring (bicyclic) bond motifs is 1. The fraction of sp³-hybridized carbons (Fsp3) is 0.615. The number of carbonyl (C=O) groups is 1. The van der Waals surface area contributed by atoms with Crippen LogP contribution in [0, 0.1) is 11.8 Å². The second-order valence-electron chi connectivity index (χ2n) is 10.7. The van der Waals surface area contributed by atoms with Crippen LogP contribution >= 0.6 is 11.3 Å². The van der Waals surface area contributed by atoms with Gasteiger partial charge in [-0.2, -0.15) is 13.2 Å². The number of carbonyl (C=O) groups excluding carboxylic acids is 1. The molecule has 1 aliphatic heterocycles. The zero-order valence-electron chi connectivity index (χ0n) is 21.7. The van der Waals surface area contributed by atoms with Crippen LogP contribution in [0.15, 0.2) is 29.2 Å². The second-order valence-corrected chi connectivity index (χ2v) is 14.1. The van der Waals surface area contributed by atoms with Crippen molar-refractivity contribution in [2.75, 3.05) is 17.6 Å². The predicted molar refractivity (Wildman–Crippen MR) is 140 cm³/mol. The summed E-state index contributed by atoms with van der Waals surface area (Å²) in [6.07, 6.45) is -4.40. The number of nitrogens with one attached hydrogen (secondary N) is 1. The van der Waals surface area contributed by atoms with Gasteiger partial charge >= 0.3 is 6.18 Å². The number of nitrogens with zero attached hydrogens (tertiary/aromatic N) is 2. The largest absolute Gasteiger partial charge is 0.417 e. The molecule has 12 heteroatoms. The summed E-state index contributed by atoms with van der Waals surface area (Å²) in [6, 6.07) is 6.30. The van der Waals surface area contributed by atoms with Gasteiger partial charge in [0.25, 0.3) is 0 Å². The van der Waals surface area contributed by atoms with Gasteiger partial charge in [-0.1, -0.05) is 32.9 Å². The number of alkyl halides is 3. The Morgan fingerprint density at radius 1 is 1.24 bits per heavy atom. The molecule has 2 N–H and O–H groups in total. The Labute approximate surface area is 225 Å². The Hall–Kier alpha value is -2.02. The van der Waals surface area contributed by atoms with Gasteiger partial charge in [0.1, 0.15) is 0 Å². The summed E-state index contributed by atoms with van der Waals surface area (Å²) in [5.74, 6) is 0.0559. The van der Waals surface area contributed by atoms with Crippen LogP contribution in [0.1, 0.15) is 68.6 Å². The standard InChI is InChI=1S/C26H34F3N3O4S2/c1-4-38(35,36)19-7-5-17(6-8-19)13-21(33)30-24-31-22-20(37-24)15-32(23(22)16(2)3)14-18-9-11-25(34,12-10-18)26(27,28)29/h5-8,16,18,23,34H,4,9-15H2,1-3H3,(H,30,31,33)/t18-,23?,25-. The first kappa shape index (κ1) is 29.0. The van der Waals surface area contributed by atoms with E-state index in [2.05, 4.69) is 24.1 Å². The maximum Gasteiger partial charge on any atom is 0.417 e. The van der Waals surface area contributed by atoms with Crippen LogP contribution in [0.5, 0.6) is 0 Å². The Bertz CT molecular complexity index is 1250. The van der Waals surface area contributed by atoms with Crippen LogP contribution in [0.2, 0.25) is 0 Å². The number of benzene rings is 1. The van der Waals surface area contributed by atoms with E-state index in [1.165, 1.54) is 23.5 Å². The highest BCUT2D eigenvalue weighted by atomic mass is 32.2. The molecule has 38 heavy (non-hydrogen) atoms. The lowest BCUT2D eigenvalue weighted by atomic mass is 9.78. The van der Waals surface area contributed by atoms with Gasteiger partial charge in [-0.15, -0.1) is 11.3 Å². The number of aromatic nitrogens is 1. The molecule has 1 unspecified atom stereocenters. The van der Waals surface area contributed by atoms with Gasteiger partial charge in [-0.25, -0.2) is 13.4 Å². The summed E-state index contributed by atoms with van der Waals surface area (Å²) in [5, 5.41) is 13.3. The van der Waals surface area contributed by atoms with Gasteiger partial charge in [0.05, 0.1) is 28.8 Å². The molecular formula is C26H34F3N3O4S2. The third-order valence-electron chi connectivity index (χ3n) is 7.61. The third-order valence-corrected chi connectivity index (χ3v) is 10.3. The van der Waals surface area contributed by atoms with Gasteiger partial charge in [0, 0.05) is 18.0 Å². The van der Waals surface area contributed by atoms with Gasteiger partial charge in [-0.05, 0) is 55.2 Å². The second kappa shape index (κ2) is 10.9. The number of rotatable bonds is 8. The van der Waals surface area contributed by atoms with Crippen molar-refractivity contribution in [1.29, 1.82) is 0 Å². The molecule has 1 aromatic carbocycles. The Morgan fingerprint density at radius 2 is 1.87 bits per heavy atom. The molecule has 1 fully saturated rings. The average molecular weight is 574 g/mol. The molecule has 0 spiro atoms. The molecule has 0 radical (unpaired) electrons. The quantitative estimate of drug-likeness (QED) is 0.455. The molecule has 2 aliphatic rings. The molecule has 1 aromatic heterocycles. The van der Waals surface area contributed by atoms with E-state index >= 15 is 0 Å². The number of thiazole rings is 1. The minimum absolute atomic E-state index is 0.00314. The molecule has 1 aliphatic carbocycles. The van der Waals surface area contributed by atoms with Crippen LogP contribution < -0.4 is 5.32 Å². The van der Waals surface area contributed by atoms with Crippen LogP contribution in [-0.4, -0.2) is 53.4 Å². The van der Waals surface area contributed by atoms with Crippen molar-refractivity contribution in [2.24, 2.45) is 11.8 Å². The van der Waals surface area contributed by atoms with Crippen molar-refractivity contribution in [1.82, 2.24) is 9.88 Å². The Balaban J connectivity index is 1.36. The zero-order chi connectivity index (χ0) is 27.9. The van der Waals surface area contributed by atoms with Crippen molar-refractivity contribution in [3.63, 3.8) is 0 Å². The van der Waals surface area contributed by atoms with E-state index in [9.17, 15) is 31.5 Å². The highest BCUT2D eigenvalue weighted by Gasteiger charge is 2.54. The topological polar surface area (TPSA) is 99.6 Å². The molecule has 7 nitrogen and oxygen atoms in total. The van der Waals surface area contributed by atoms with Crippen LogP contribution in [-0.2, 0) is 27.6 Å². The molecule has 2 heterocycles. The van der Waals surface area contributed by atoms with Crippen molar-refractivity contribution < 1.29 is 31.5 Å². The summed E-state index contributed by atoms with van der Waals surface area (Å²) in [6.45, 7) is 7.01. The van der Waals surface area contributed by atoms with Gasteiger partial charge in [0.2, 0.25) is 5.91 Å². The highest BCUT2D eigenvalue weighted by Crippen LogP contribution is 2.46. The average Bonchev–Trinajstić information content (AvgIpc) is 3.36. The first-order chi connectivity index (χ1) is 17.7. The molecular weight excluding hydrogens is 539 g/mol. The Morgan fingerprint density at radius 3 is 2.42 bits per heavy atom. The number of halogens is 3. The SMILES string of the molecule is CCS(=O)(=O)c1ccc(CC(=O)Nc2nc3c(s2)CN(C[C@H]2CC[C@@](O)(C(F)(F)F)CC2)C3C(C)C)cc1. The molecule has 1 saturated carbocycles. The van der Waals surface area contributed by atoms with Crippen molar-refractivity contribution in [3.8, 4) is 0 Å².